The van der Waals surface area contributed by atoms with Gasteiger partial charge < -0.3 is 16.2 Å². The van der Waals surface area contributed by atoms with Crippen LogP contribution in [0.3, 0.4) is 0 Å². The molecule has 128 valence electrons. The summed E-state index contributed by atoms with van der Waals surface area (Å²) in [5, 5.41) is 14.2. The zero-order chi connectivity index (χ0) is 18.5. The normalized spacial score (nSPS) is 10.8. The van der Waals surface area contributed by atoms with Crippen molar-refractivity contribution in [3.05, 3.63) is 34.5 Å². The Morgan fingerprint density at radius 2 is 2.04 bits per heavy atom. The Balaban J connectivity index is 2.54. The highest BCUT2D eigenvalue weighted by Gasteiger charge is 2.28. The Hall–Kier alpha value is -3.47. The van der Waals surface area contributed by atoms with Crippen molar-refractivity contribution < 1.29 is 9.53 Å². The van der Waals surface area contributed by atoms with E-state index in [0.717, 1.165) is 16.8 Å². The minimum atomic E-state index is -0.705. The van der Waals surface area contributed by atoms with Crippen LogP contribution < -0.4 is 16.2 Å². The van der Waals surface area contributed by atoms with Gasteiger partial charge in [0.05, 0.1) is 23.7 Å². The maximum absolute atomic E-state index is 12.0. The van der Waals surface area contributed by atoms with E-state index in [0.29, 0.717) is 16.8 Å². The lowest BCUT2D eigenvalue weighted by molar-refractivity contribution is 0.100. The van der Waals surface area contributed by atoms with Gasteiger partial charge in [0.25, 0.3) is 5.91 Å². The SMILES string of the molecule is COc1ccc(C)c(-n2c(N)c(C(N)=O)c3c(C#N)n(C)nc32)c1C. The number of hydrogen-bond donors (Lipinski definition) is 2. The van der Waals surface area contributed by atoms with E-state index in [1.807, 2.05) is 26.0 Å². The summed E-state index contributed by atoms with van der Waals surface area (Å²) in [5.41, 5.74) is 15.0. The fourth-order valence-corrected chi connectivity index (χ4v) is 3.24. The van der Waals surface area contributed by atoms with Gasteiger partial charge in [0.15, 0.2) is 5.65 Å². The molecule has 0 fully saturated rings. The van der Waals surface area contributed by atoms with Crippen LogP contribution >= 0.6 is 0 Å². The summed E-state index contributed by atoms with van der Waals surface area (Å²) in [6.45, 7) is 3.82. The molecule has 2 aromatic heterocycles. The zero-order valence-corrected chi connectivity index (χ0v) is 14.4. The summed E-state index contributed by atoms with van der Waals surface area (Å²) in [6.07, 6.45) is 0. The van der Waals surface area contributed by atoms with Crippen LogP contribution in [0.2, 0.25) is 0 Å². The number of rotatable bonds is 3. The molecule has 0 atom stereocenters. The Labute approximate surface area is 144 Å². The van der Waals surface area contributed by atoms with Crippen molar-refractivity contribution in [3.63, 3.8) is 0 Å². The molecule has 0 radical (unpaired) electrons. The van der Waals surface area contributed by atoms with Gasteiger partial charge in [0.2, 0.25) is 0 Å². The van der Waals surface area contributed by atoms with Crippen molar-refractivity contribution in [2.24, 2.45) is 12.8 Å². The summed E-state index contributed by atoms with van der Waals surface area (Å²) in [6, 6.07) is 5.81. The molecule has 0 aliphatic rings. The van der Waals surface area contributed by atoms with Gasteiger partial charge in [-0.05, 0) is 25.5 Å². The van der Waals surface area contributed by atoms with Crippen LogP contribution in [0.4, 0.5) is 5.82 Å². The minimum Gasteiger partial charge on any atom is -0.496 e. The largest absolute Gasteiger partial charge is 0.496 e. The van der Waals surface area contributed by atoms with E-state index >= 15 is 0 Å². The number of amides is 1. The number of methoxy groups -OCH3 is 1. The first-order chi connectivity index (χ1) is 11.8. The minimum absolute atomic E-state index is 0.0984. The van der Waals surface area contributed by atoms with Crippen molar-refractivity contribution in [2.75, 3.05) is 12.8 Å². The number of ether oxygens (including phenoxy) is 1. The molecular formula is C17H18N6O2. The molecular weight excluding hydrogens is 320 g/mol. The fraction of sp³-hybridized carbons (Fsp3) is 0.235. The number of carbonyl (C=O) groups is 1. The molecule has 0 unspecified atom stereocenters. The first kappa shape index (κ1) is 16.4. The molecule has 0 bridgehead atoms. The van der Waals surface area contributed by atoms with E-state index < -0.39 is 5.91 Å². The lowest BCUT2D eigenvalue weighted by Gasteiger charge is -2.16. The van der Waals surface area contributed by atoms with Crippen LogP contribution in [0.5, 0.6) is 5.75 Å². The summed E-state index contributed by atoms with van der Waals surface area (Å²) >= 11 is 0. The fourth-order valence-electron chi connectivity index (χ4n) is 3.24. The Morgan fingerprint density at radius 1 is 1.36 bits per heavy atom. The number of nitrogen functional groups attached to an aromatic ring is 1. The van der Waals surface area contributed by atoms with Crippen LogP contribution in [0, 0.1) is 25.2 Å². The van der Waals surface area contributed by atoms with Crippen molar-refractivity contribution in [1.29, 1.82) is 5.26 Å². The number of primary amides is 1. The van der Waals surface area contributed by atoms with E-state index in [4.69, 9.17) is 16.2 Å². The number of nitrogens with zero attached hydrogens (tertiary/aromatic N) is 4. The average molecular weight is 338 g/mol. The van der Waals surface area contributed by atoms with Crippen molar-refractivity contribution >= 4 is 22.8 Å². The van der Waals surface area contributed by atoms with Crippen molar-refractivity contribution in [2.45, 2.75) is 13.8 Å². The lowest BCUT2D eigenvalue weighted by atomic mass is 10.1. The van der Waals surface area contributed by atoms with Gasteiger partial charge in [0, 0.05) is 12.6 Å². The van der Waals surface area contributed by atoms with E-state index in [-0.39, 0.29) is 17.1 Å². The highest BCUT2D eigenvalue weighted by Crippen LogP contribution is 2.37. The predicted molar refractivity (Wildman–Crippen MR) is 93.7 cm³/mol. The van der Waals surface area contributed by atoms with Crippen LogP contribution in [0.1, 0.15) is 27.2 Å². The summed E-state index contributed by atoms with van der Waals surface area (Å²) in [7, 11) is 3.22. The van der Waals surface area contributed by atoms with E-state index in [1.54, 1.807) is 18.7 Å². The van der Waals surface area contributed by atoms with Crippen LogP contribution in [-0.4, -0.2) is 27.4 Å². The second-order valence-corrected chi connectivity index (χ2v) is 5.80. The number of carbonyl (C=O) groups excluding carboxylic acids is 1. The predicted octanol–water partition coefficient (Wildman–Crippen LogP) is 1.54. The Morgan fingerprint density at radius 3 is 2.60 bits per heavy atom. The van der Waals surface area contributed by atoms with E-state index in [1.165, 1.54) is 4.68 Å². The van der Waals surface area contributed by atoms with Gasteiger partial charge in [-0.3, -0.25) is 14.0 Å². The molecule has 3 aromatic rings. The molecule has 3 rings (SSSR count). The number of nitriles is 1. The van der Waals surface area contributed by atoms with Crippen LogP contribution in [-0.2, 0) is 7.05 Å². The number of fused-ring (bicyclic) bond motifs is 1. The number of nitrogens with two attached hydrogens (primary N) is 2. The van der Waals surface area contributed by atoms with Crippen molar-refractivity contribution in [3.8, 4) is 17.5 Å². The van der Waals surface area contributed by atoms with Gasteiger partial charge >= 0.3 is 0 Å². The summed E-state index contributed by atoms with van der Waals surface area (Å²) < 4.78 is 8.47. The van der Waals surface area contributed by atoms with Crippen LogP contribution in [0.25, 0.3) is 16.7 Å². The molecule has 0 saturated heterocycles. The molecule has 1 amide bonds. The third-order valence-electron chi connectivity index (χ3n) is 4.37. The number of benzene rings is 1. The second-order valence-electron chi connectivity index (χ2n) is 5.80. The molecule has 0 saturated carbocycles. The van der Waals surface area contributed by atoms with Gasteiger partial charge in [-0.1, -0.05) is 6.07 Å². The standard InChI is InChI=1S/C17H18N6O2/c1-8-5-6-11(25-4)9(2)14(8)23-15(19)13(16(20)24)12-10(7-18)22(3)21-17(12)23/h5-6H,19H2,1-4H3,(H2,20,24). The quantitative estimate of drug-likeness (QED) is 0.749. The maximum atomic E-state index is 12.0. The van der Waals surface area contributed by atoms with Gasteiger partial charge in [-0.15, -0.1) is 0 Å². The van der Waals surface area contributed by atoms with E-state index in [9.17, 15) is 10.1 Å². The topological polar surface area (TPSA) is 125 Å². The molecule has 0 aliphatic heterocycles. The van der Waals surface area contributed by atoms with Crippen molar-refractivity contribution in [1.82, 2.24) is 14.3 Å². The van der Waals surface area contributed by atoms with E-state index in [2.05, 4.69) is 11.2 Å². The Bertz CT molecular complexity index is 1070. The molecule has 8 heteroatoms. The average Bonchev–Trinajstić information content (AvgIpc) is 3.00. The third kappa shape index (κ3) is 2.13. The Kier molecular flexibility index (Phi) is 3.64. The molecule has 0 spiro atoms. The highest BCUT2D eigenvalue weighted by atomic mass is 16.5. The summed E-state index contributed by atoms with van der Waals surface area (Å²) in [4.78, 5) is 12.0. The number of aryl methyl sites for hydroxylation is 2. The van der Waals surface area contributed by atoms with Crippen LogP contribution in [0.15, 0.2) is 12.1 Å². The zero-order valence-electron chi connectivity index (χ0n) is 14.4. The van der Waals surface area contributed by atoms with Gasteiger partial charge in [-0.25, -0.2) is 0 Å². The maximum Gasteiger partial charge on any atom is 0.253 e. The second kappa shape index (κ2) is 5.56. The monoisotopic (exact) mass is 338 g/mol. The molecule has 4 N–H and O–H groups in total. The summed E-state index contributed by atoms with van der Waals surface area (Å²) in [5.74, 6) is 0.129. The molecule has 25 heavy (non-hydrogen) atoms. The molecule has 0 aliphatic carbocycles. The number of anilines is 1. The van der Waals surface area contributed by atoms with Gasteiger partial charge in [-0.2, -0.15) is 10.4 Å². The lowest BCUT2D eigenvalue weighted by Crippen LogP contribution is -2.15. The van der Waals surface area contributed by atoms with Gasteiger partial charge in [0.1, 0.15) is 23.3 Å². The first-order valence-corrected chi connectivity index (χ1v) is 7.54. The molecule has 1 aromatic carbocycles. The highest BCUT2D eigenvalue weighted by molar-refractivity contribution is 6.12. The smallest absolute Gasteiger partial charge is 0.253 e. The molecule has 8 nitrogen and oxygen atoms in total. The third-order valence-corrected chi connectivity index (χ3v) is 4.37. The number of aromatic nitrogens is 3. The molecule has 2 heterocycles. The first-order valence-electron chi connectivity index (χ1n) is 7.54. The number of hydrogen-bond acceptors (Lipinski definition) is 5.